The van der Waals surface area contributed by atoms with Crippen molar-refractivity contribution in [2.45, 2.75) is 38.6 Å². The summed E-state index contributed by atoms with van der Waals surface area (Å²) < 4.78 is 18.9. The predicted molar refractivity (Wildman–Crippen MR) is 131 cm³/mol. The van der Waals surface area contributed by atoms with Crippen molar-refractivity contribution in [3.63, 3.8) is 0 Å². The number of nitrogens with one attached hydrogen (secondary N) is 2. The molecule has 0 aliphatic carbocycles. The number of anilines is 1. The van der Waals surface area contributed by atoms with E-state index in [0.717, 1.165) is 38.9 Å². The largest absolute Gasteiger partial charge is 0.379 e. The first kappa shape index (κ1) is 24.4. The van der Waals surface area contributed by atoms with E-state index in [1.807, 2.05) is 12.1 Å². The van der Waals surface area contributed by atoms with Crippen LogP contribution in [-0.2, 0) is 11.2 Å². The molecule has 34 heavy (non-hydrogen) atoms. The number of likely N-dealkylation sites (tertiary alicyclic amines) is 1. The minimum Gasteiger partial charge on any atom is -0.379 e. The van der Waals surface area contributed by atoms with Crippen LogP contribution >= 0.6 is 0 Å². The highest BCUT2D eigenvalue weighted by molar-refractivity contribution is 5.96. The summed E-state index contributed by atoms with van der Waals surface area (Å²) in [6.07, 6.45) is 4.21. The number of urea groups is 1. The highest BCUT2D eigenvalue weighted by Gasteiger charge is 2.30. The molecule has 2 aliphatic rings. The second-order valence-corrected chi connectivity index (χ2v) is 9.56. The van der Waals surface area contributed by atoms with E-state index in [-0.39, 0.29) is 23.7 Å². The molecule has 0 bridgehead atoms. The fraction of sp³-hybridized carbons (Fsp3) is 0.481. The van der Waals surface area contributed by atoms with E-state index in [0.29, 0.717) is 36.3 Å². The molecule has 7 heteroatoms. The quantitative estimate of drug-likeness (QED) is 0.588. The maximum atomic E-state index is 13.2. The molecule has 0 saturated carbocycles. The zero-order valence-corrected chi connectivity index (χ0v) is 19.8. The summed E-state index contributed by atoms with van der Waals surface area (Å²) in [7, 11) is 0. The lowest BCUT2D eigenvalue weighted by molar-refractivity contribution is 0.0215. The van der Waals surface area contributed by atoms with Crippen LogP contribution in [0.5, 0.6) is 0 Å². The van der Waals surface area contributed by atoms with Gasteiger partial charge in [-0.3, -0.25) is 4.79 Å². The SMILES string of the molecule is CC(=O)c1cccc(NC(=O)NC2COCCC2CN2CCCC(Cc3ccc(F)cc3)C2)c1. The van der Waals surface area contributed by atoms with Crippen LogP contribution < -0.4 is 10.6 Å². The van der Waals surface area contributed by atoms with E-state index in [4.69, 9.17) is 4.74 Å². The molecule has 0 spiro atoms. The highest BCUT2D eigenvalue weighted by atomic mass is 19.1. The molecule has 4 rings (SSSR count). The molecule has 2 aromatic rings. The number of benzene rings is 2. The topological polar surface area (TPSA) is 70.7 Å². The summed E-state index contributed by atoms with van der Waals surface area (Å²) in [6, 6.07) is 13.5. The zero-order valence-electron chi connectivity index (χ0n) is 19.8. The third-order valence-corrected chi connectivity index (χ3v) is 6.88. The Labute approximate surface area is 200 Å². The van der Waals surface area contributed by atoms with Crippen LogP contribution in [0.15, 0.2) is 48.5 Å². The fourth-order valence-electron chi connectivity index (χ4n) is 5.08. The molecule has 2 saturated heterocycles. The number of Topliss-reactive ketones (excluding diaryl/α,β-unsaturated/α-hetero) is 1. The van der Waals surface area contributed by atoms with Crippen molar-refractivity contribution in [1.29, 1.82) is 0 Å². The van der Waals surface area contributed by atoms with Gasteiger partial charge in [-0.1, -0.05) is 24.3 Å². The van der Waals surface area contributed by atoms with Crippen molar-refractivity contribution in [3.8, 4) is 0 Å². The first-order chi connectivity index (χ1) is 16.5. The van der Waals surface area contributed by atoms with Crippen molar-refractivity contribution < 1.29 is 18.7 Å². The van der Waals surface area contributed by atoms with Gasteiger partial charge in [-0.2, -0.15) is 0 Å². The Hall–Kier alpha value is -2.77. The van der Waals surface area contributed by atoms with Gasteiger partial charge in [0.25, 0.3) is 0 Å². The van der Waals surface area contributed by atoms with Gasteiger partial charge in [-0.15, -0.1) is 0 Å². The van der Waals surface area contributed by atoms with Gasteiger partial charge in [0.05, 0.1) is 12.6 Å². The normalized spacial score (nSPS) is 23.3. The van der Waals surface area contributed by atoms with Crippen LogP contribution in [0.25, 0.3) is 0 Å². The Bertz CT molecular complexity index is 981. The molecular formula is C27H34FN3O3. The van der Waals surface area contributed by atoms with Gasteiger partial charge in [0, 0.05) is 30.9 Å². The monoisotopic (exact) mass is 467 g/mol. The third-order valence-electron chi connectivity index (χ3n) is 6.88. The Kier molecular flexibility index (Phi) is 8.29. The number of rotatable bonds is 7. The molecule has 2 aromatic carbocycles. The fourth-order valence-corrected chi connectivity index (χ4v) is 5.08. The number of amides is 2. The predicted octanol–water partition coefficient (Wildman–Crippen LogP) is 4.51. The highest BCUT2D eigenvalue weighted by Crippen LogP contribution is 2.24. The van der Waals surface area contributed by atoms with E-state index in [1.54, 1.807) is 24.3 Å². The van der Waals surface area contributed by atoms with Crippen LogP contribution in [0, 0.1) is 17.7 Å². The molecule has 6 nitrogen and oxygen atoms in total. The van der Waals surface area contributed by atoms with Crippen molar-refractivity contribution in [3.05, 3.63) is 65.5 Å². The Morgan fingerprint density at radius 3 is 2.76 bits per heavy atom. The molecule has 2 amide bonds. The number of hydrogen-bond donors (Lipinski definition) is 2. The van der Waals surface area contributed by atoms with Crippen molar-refractivity contribution in [2.75, 3.05) is 38.2 Å². The summed E-state index contributed by atoms with van der Waals surface area (Å²) in [6.45, 7) is 5.72. The lowest BCUT2D eigenvalue weighted by atomic mass is 9.89. The summed E-state index contributed by atoms with van der Waals surface area (Å²) >= 11 is 0. The lowest BCUT2D eigenvalue weighted by Crippen LogP contribution is -2.52. The van der Waals surface area contributed by atoms with E-state index >= 15 is 0 Å². The number of carbonyl (C=O) groups is 2. The molecule has 182 valence electrons. The van der Waals surface area contributed by atoms with E-state index in [1.165, 1.54) is 31.0 Å². The van der Waals surface area contributed by atoms with E-state index in [9.17, 15) is 14.0 Å². The van der Waals surface area contributed by atoms with Gasteiger partial charge in [-0.25, -0.2) is 9.18 Å². The zero-order chi connectivity index (χ0) is 23.9. The molecule has 0 radical (unpaired) electrons. The van der Waals surface area contributed by atoms with Crippen LogP contribution in [0.3, 0.4) is 0 Å². The third kappa shape index (κ3) is 6.87. The smallest absolute Gasteiger partial charge is 0.319 e. The second kappa shape index (κ2) is 11.6. The summed E-state index contributed by atoms with van der Waals surface area (Å²) in [5, 5.41) is 5.94. The molecular weight excluding hydrogens is 433 g/mol. The van der Waals surface area contributed by atoms with Gasteiger partial charge < -0.3 is 20.3 Å². The molecule has 3 atom stereocenters. The minimum absolute atomic E-state index is 0.0379. The minimum atomic E-state index is -0.283. The number of ether oxygens (including phenoxy) is 1. The molecule has 2 heterocycles. The Morgan fingerprint density at radius 1 is 1.15 bits per heavy atom. The summed E-state index contributed by atoms with van der Waals surface area (Å²) in [4.78, 5) is 26.8. The van der Waals surface area contributed by atoms with Gasteiger partial charge >= 0.3 is 6.03 Å². The van der Waals surface area contributed by atoms with Crippen LogP contribution in [0.1, 0.15) is 42.1 Å². The van der Waals surface area contributed by atoms with Gasteiger partial charge in [-0.05, 0) is 80.8 Å². The van der Waals surface area contributed by atoms with Gasteiger partial charge in [0.15, 0.2) is 5.78 Å². The number of hydrogen-bond acceptors (Lipinski definition) is 4. The average Bonchev–Trinajstić information content (AvgIpc) is 2.82. The average molecular weight is 468 g/mol. The van der Waals surface area contributed by atoms with E-state index < -0.39 is 0 Å². The van der Waals surface area contributed by atoms with Crippen LogP contribution in [0.4, 0.5) is 14.9 Å². The first-order valence-electron chi connectivity index (χ1n) is 12.2. The standard InChI is InChI=1S/C27H34FN3O3/c1-19(32)22-5-2-6-25(15-22)29-27(33)30-26-18-34-13-11-23(26)17-31-12-3-4-21(16-31)14-20-7-9-24(28)10-8-20/h2,5-10,15,21,23,26H,3-4,11-14,16-18H2,1H3,(H2,29,30,33). The molecule has 2 fully saturated rings. The number of nitrogens with zero attached hydrogens (tertiary/aromatic N) is 1. The second-order valence-electron chi connectivity index (χ2n) is 9.56. The molecule has 2 aliphatic heterocycles. The molecule has 2 N–H and O–H groups in total. The number of halogens is 1. The maximum absolute atomic E-state index is 13.2. The summed E-state index contributed by atoms with van der Waals surface area (Å²) in [5.74, 6) is 0.640. The van der Waals surface area contributed by atoms with Gasteiger partial charge in [0.1, 0.15) is 5.82 Å². The Morgan fingerprint density at radius 2 is 1.97 bits per heavy atom. The van der Waals surface area contributed by atoms with Crippen molar-refractivity contribution in [2.24, 2.45) is 11.8 Å². The first-order valence-corrected chi connectivity index (χ1v) is 12.2. The van der Waals surface area contributed by atoms with Crippen molar-refractivity contribution in [1.82, 2.24) is 10.2 Å². The Balaban J connectivity index is 1.30. The molecule has 0 aromatic heterocycles. The lowest BCUT2D eigenvalue weighted by Gasteiger charge is -2.39. The van der Waals surface area contributed by atoms with Crippen LogP contribution in [-0.4, -0.2) is 55.6 Å². The van der Waals surface area contributed by atoms with Crippen molar-refractivity contribution >= 4 is 17.5 Å². The summed E-state index contributed by atoms with van der Waals surface area (Å²) in [5.41, 5.74) is 2.35. The number of ketones is 1. The number of carbonyl (C=O) groups excluding carboxylic acids is 2. The molecule has 3 unspecified atom stereocenters. The maximum Gasteiger partial charge on any atom is 0.319 e. The van der Waals surface area contributed by atoms with Gasteiger partial charge in [0.2, 0.25) is 0 Å². The number of piperidine rings is 1. The van der Waals surface area contributed by atoms with Crippen LogP contribution in [0.2, 0.25) is 0 Å². The van der Waals surface area contributed by atoms with E-state index in [2.05, 4.69) is 15.5 Å².